The van der Waals surface area contributed by atoms with Crippen molar-refractivity contribution in [2.24, 2.45) is 0 Å². The van der Waals surface area contributed by atoms with E-state index in [0.29, 0.717) is 23.1 Å². The average Bonchev–Trinajstić information content (AvgIpc) is 3.30. The number of ether oxygens (including phenoxy) is 1. The number of aromatic nitrogens is 2. The molecule has 4 rings (SSSR count). The summed E-state index contributed by atoms with van der Waals surface area (Å²) in [4.78, 5) is 21.1. The number of fused-ring (bicyclic) bond motifs is 1. The molecule has 0 spiro atoms. The summed E-state index contributed by atoms with van der Waals surface area (Å²) in [6, 6.07) is 13.1. The van der Waals surface area contributed by atoms with Crippen LogP contribution in [0.1, 0.15) is 21.6 Å². The van der Waals surface area contributed by atoms with Gasteiger partial charge in [-0.25, -0.2) is 9.97 Å². The smallest absolute Gasteiger partial charge is 0.257 e. The van der Waals surface area contributed by atoms with E-state index in [-0.39, 0.29) is 5.91 Å². The van der Waals surface area contributed by atoms with Crippen molar-refractivity contribution in [3.8, 4) is 5.75 Å². The minimum atomic E-state index is -0.187. The van der Waals surface area contributed by atoms with Crippen molar-refractivity contribution in [1.82, 2.24) is 9.97 Å². The fourth-order valence-electron chi connectivity index (χ4n) is 2.48. The summed E-state index contributed by atoms with van der Waals surface area (Å²) in [6.45, 7) is 2.43. The zero-order valence-electron chi connectivity index (χ0n) is 13.9. The quantitative estimate of drug-likeness (QED) is 0.534. The van der Waals surface area contributed by atoms with Gasteiger partial charge in [0.1, 0.15) is 12.4 Å². The molecular formula is C19H15N3O2S2. The molecule has 0 radical (unpaired) electrons. The molecule has 0 aliphatic carbocycles. The SMILES string of the molecule is Cc1cccc2sc(NC(=O)c3ccc(OCc4cscn4)cc3)nc12. The van der Waals surface area contributed by atoms with Crippen LogP contribution in [0.25, 0.3) is 10.2 Å². The minimum Gasteiger partial charge on any atom is -0.487 e. The van der Waals surface area contributed by atoms with Crippen molar-refractivity contribution in [3.63, 3.8) is 0 Å². The van der Waals surface area contributed by atoms with E-state index in [1.807, 2.05) is 30.5 Å². The monoisotopic (exact) mass is 381 g/mol. The van der Waals surface area contributed by atoms with Crippen LogP contribution < -0.4 is 10.1 Å². The number of nitrogens with one attached hydrogen (secondary N) is 1. The van der Waals surface area contributed by atoms with Crippen LogP contribution in [-0.4, -0.2) is 15.9 Å². The molecule has 2 heterocycles. The van der Waals surface area contributed by atoms with Gasteiger partial charge in [0, 0.05) is 10.9 Å². The fourth-order valence-corrected chi connectivity index (χ4v) is 3.96. The molecule has 2 aromatic carbocycles. The predicted molar refractivity (Wildman–Crippen MR) is 105 cm³/mol. The molecule has 5 nitrogen and oxygen atoms in total. The summed E-state index contributed by atoms with van der Waals surface area (Å²) in [6.07, 6.45) is 0. The molecule has 26 heavy (non-hydrogen) atoms. The normalized spacial score (nSPS) is 10.8. The molecule has 0 fully saturated rings. The van der Waals surface area contributed by atoms with Gasteiger partial charge in [0.05, 0.1) is 21.4 Å². The third-order valence-electron chi connectivity index (χ3n) is 3.83. The van der Waals surface area contributed by atoms with E-state index in [9.17, 15) is 4.79 Å². The zero-order valence-corrected chi connectivity index (χ0v) is 15.6. The Morgan fingerprint density at radius 3 is 2.77 bits per heavy atom. The highest BCUT2D eigenvalue weighted by Crippen LogP contribution is 2.28. The van der Waals surface area contributed by atoms with Crippen molar-refractivity contribution >= 4 is 43.9 Å². The van der Waals surface area contributed by atoms with E-state index in [1.165, 1.54) is 22.7 Å². The van der Waals surface area contributed by atoms with Crippen LogP contribution in [0.4, 0.5) is 5.13 Å². The number of hydrogen-bond acceptors (Lipinski definition) is 6. The van der Waals surface area contributed by atoms with Crippen molar-refractivity contribution in [3.05, 3.63) is 70.2 Å². The predicted octanol–water partition coefficient (Wildman–Crippen LogP) is 4.89. The highest BCUT2D eigenvalue weighted by molar-refractivity contribution is 7.22. The number of anilines is 1. The lowest BCUT2D eigenvalue weighted by Crippen LogP contribution is -2.11. The van der Waals surface area contributed by atoms with Gasteiger partial charge in [0.15, 0.2) is 5.13 Å². The second kappa shape index (κ2) is 7.23. The van der Waals surface area contributed by atoms with Crippen LogP contribution in [-0.2, 0) is 6.61 Å². The third kappa shape index (κ3) is 3.58. The van der Waals surface area contributed by atoms with Crippen LogP contribution in [0, 0.1) is 6.92 Å². The Bertz CT molecular complexity index is 1040. The number of para-hydroxylation sites is 1. The Balaban J connectivity index is 1.43. The van der Waals surface area contributed by atoms with Crippen LogP contribution in [0.3, 0.4) is 0 Å². The number of aryl methyl sites for hydroxylation is 1. The van der Waals surface area contributed by atoms with E-state index in [2.05, 4.69) is 15.3 Å². The highest BCUT2D eigenvalue weighted by atomic mass is 32.1. The van der Waals surface area contributed by atoms with E-state index < -0.39 is 0 Å². The molecule has 1 amide bonds. The minimum absolute atomic E-state index is 0.187. The maximum absolute atomic E-state index is 12.4. The number of carbonyl (C=O) groups is 1. The third-order valence-corrected chi connectivity index (χ3v) is 5.40. The number of hydrogen-bond donors (Lipinski definition) is 1. The summed E-state index contributed by atoms with van der Waals surface area (Å²) in [7, 11) is 0. The molecule has 130 valence electrons. The summed E-state index contributed by atoms with van der Waals surface area (Å²) in [5.41, 5.74) is 5.25. The highest BCUT2D eigenvalue weighted by Gasteiger charge is 2.11. The van der Waals surface area contributed by atoms with Gasteiger partial charge in [-0.1, -0.05) is 23.5 Å². The van der Waals surface area contributed by atoms with Crippen molar-refractivity contribution in [2.45, 2.75) is 13.5 Å². The maximum atomic E-state index is 12.4. The van der Waals surface area contributed by atoms with Gasteiger partial charge in [-0.2, -0.15) is 0 Å². The molecule has 7 heteroatoms. The van der Waals surface area contributed by atoms with Crippen LogP contribution >= 0.6 is 22.7 Å². The Morgan fingerprint density at radius 2 is 2.04 bits per heavy atom. The van der Waals surface area contributed by atoms with Crippen molar-refractivity contribution < 1.29 is 9.53 Å². The summed E-state index contributed by atoms with van der Waals surface area (Å²) in [5.74, 6) is 0.512. The Labute approximate surface area is 158 Å². The second-order valence-electron chi connectivity index (χ2n) is 5.69. The lowest BCUT2D eigenvalue weighted by atomic mass is 10.2. The number of thiazole rings is 2. The van der Waals surface area contributed by atoms with Crippen LogP contribution in [0.15, 0.2) is 53.4 Å². The van der Waals surface area contributed by atoms with Crippen LogP contribution in [0.2, 0.25) is 0 Å². The van der Waals surface area contributed by atoms with E-state index in [0.717, 1.165) is 21.5 Å². The Morgan fingerprint density at radius 1 is 1.19 bits per heavy atom. The van der Waals surface area contributed by atoms with Gasteiger partial charge >= 0.3 is 0 Å². The molecule has 0 bridgehead atoms. The molecular weight excluding hydrogens is 366 g/mol. The lowest BCUT2D eigenvalue weighted by molar-refractivity contribution is 0.102. The number of amides is 1. The molecule has 0 aliphatic rings. The fraction of sp³-hybridized carbons (Fsp3) is 0.105. The first-order chi connectivity index (χ1) is 12.7. The number of rotatable bonds is 5. The molecule has 0 saturated carbocycles. The molecule has 2 aromatic heterocycles. The van der Waals surface area contributed by atoms with E-state index in [4.69, 9.17) is 4.74 Å². The topological polar surface area (TPSA) is 64.1 Å². The number of benzene rings is 2. The maximum Gasteiger partial charge on any atom is 0.257 e. The standard InChI is InChI=1S/C19H15N3O2S2/c1-12-3-2-4-16-17(12)21-19(26-16)22-18(23)13-5-7-15(8-6-13)24-9-14-10-25-11-20-14/h2-8,10-11H,9H2,1H3,(H,21,22,23). The molecule has 0 saturated heterocycles. The van der Waals surface area contributed by atoms with Gasteiger partial charge in [-0.3, -0.25) is 10.1 Å². The molecule has 0 aliphatic heterocycles. The Kier molecular flexibility index (Phi) is 4.64. The molecule has 1 N–H and O–H groups in total. The number of nitrogens with zero attached hydrogens (tertiary/aromatic N) is 2. The molecule has 0 atom stereocenters. The first-order valence-electron chi connectivity index (χ1n) is 7.96. The summed E-state index contributed by atoms with van der Waals surface area (Å²) < 4.78 is 6.72. The average molecular weight is 381 g/mol. The van der Waals surface area contributed by atoms with Crippen LogP contribution in [0.5, 0.6) is 5.75 Å². The van der Waals surface area contributed by atoms with Gasteiger partial charge < -0.3 is 4.74 Å². The Hall–Kier alpha value is -2.77. The summed E-state index contributed by atoms with van der Waals surface area (Å²) >= 11 is 3.01. The number of carbonyl (C=O) groups excluding carboxylic acids is 1. The summed E-state index contributed by atoms with van der Waals surface area (Å²) in [5, 5.41) is 5.41. The van der Waals surface area contributed by atoms with Crippen molar-refractivity contribution in [2.75, 3.05) is 5.32 Å². The second-order valence-corrected chi connectivity index (χ2v) is 7.44. The van der Waals surface area contributed by atoms with E-state index >= 15 is 0 Å². The van der Waals surface area contributed by atoms with Gasteiger partial charge in [0.2, 0.25) is 0 Å². The lowest BCUT2D eigenvalue weighted by Gasteiger charge is -2.06. The first-order valence-corrected chi connectivity index (χ1v) is 9.72. The van der Waals surface area contributed by atoms with E-state index in [1.54, 1.807) is 29.8 Å². The van der Waals surface area contributed by atoms with Gasteiger partial charge in [0.25, 0.3) is 5.91 Å². The molecule has 0 unspecified atom stereocenters. The molecule has 4 aromatic rings. The zero-order chi connectivity index (χ0) is 17.9. The van der Waals surface area contributed by atoms with Gasteiger partial charge in [-0.05, 0) is 42.8 Å². The van der Waals surface area contributed by atoms with Crippen molar-refractivity contribution in [1.29, 1.82) is 0 Å². The largest absolute Gasteiger partial charge is 0.487 e. The first kappa shape index (κ1) is 16.7. The van der Waals surface area contributed by atoms with Gasteiger partial charge in [-0.15, -0.1) is 11.3 Å².